The summed E-state index contributed by atoms with van der Waals surface area (Å²) < 4.78 is 70.1. The molecule has 0 bridgehead atoms. The molecule has 0 atom stereocenters. The number of hydrogen-bond acceptors (Lipinski definition) is 6. The highest BCUT2D eigenvalue weighted by Crippen LogP contribution is 2.42. The number of amidine groups is 1. The number of rotatable bonds is 5. The predicted octanol–water partition coefficient (Wildman–Crippen LogP) is 3.13. The van der Waals surface area contributed by atoms with Gasteiger partial charge < -0.3 is 15.0 Å². The summed E-state index contributed by atoms with van der Waals surface area (Å²) in [5, 5.41) is 3.06. The molecule has 4 rings (SSSR count). The average Bonchev–Trinajstić information content (AvgIpc) is 3.06. The Balaban J connectivity index is 1.32. The smallest absolute Gasteiger partial charge is 0.416 e. The van der Waals surface area contributed by atoms with E-state index in [2.05, 4.69) is 9.71 Å². The lowest BCUT2D eigenvalue weighted by Gasteiger charge is -2.22. The molecule has 7 nitrogen and oxygen atoms in total. The molecule has 0 spiro atoms. The van der Waals surface area contributed by atoms with Crippen LogP contribution in [0, 0.1) is 0 Å². The molecule has 2 aliphatic rings. The third-order valence-electron chi connectivity index (χ3n) is 4.57. The van der Waals surface area contributed by atoms with Crippen LogP contribution in [0.15, 0.2) is 51.8 Å². The molecule has 0 aliphatic carbocycles. The summed E-state index contributed by atoms with van der Waals surface area (Å²) in [4.78, 5) is 14.9. The number of nitrogens with zero attached hydrogens (tertiary/aromatic N) is 2. The fourth-order valence-corrected chi connectivity index (χ4v) is 5.34. The van der Waals surface area contributed by atoms with Crippen LogP contribution in [-0.4, -0.2) is 44.9 Å². The van der Waals surface area contributed by atoms with E-state index in [1.807, 2.05) is 0 Å². The fourth-order valence-electron chi connectivity index (χ4n) is 3.05. The molecule has 2 aromatic rings. The first-order valence-corrected chi connectivity index (χ1v) is 11.6. The second-order valence-corrected chi connectivity index (χ2v) is 9.49. The minimum Gasteiger partial charge on any atom is -0.492 e. The van der Waals surface area contributed by atoms with Gasteiger partial charge in [-0.05, 0) is 54.2 Å². The maximum absolute atomic E-state index is 12.6. The molecule has 0 saturated heterocycles. The third-order valence-corrected chi connectivity index (χ3v) is 6.88. The number of benzene rings is 2. The van der Waals surface area contributed by atoms with Crippen molar-refractivity contribution in [2.45, 2.75) is 11.1 Å². The van der Waals surface area contributed by atoms with Crippen LogP contribution in [0.4, 0.5) is 18.9 Å². The van der Waals surface area contributed by atoms with Crippen LogP contribution in [0.25, 0.3) is 0 Å². The van der Waals surface area contributed by atoms with E-state index in [0.717, 1.165) is 22.7 Å². The van der Waals surface area contributed by atoms with Gasteiger partial charge in [-0.3, -0.25) is 4.79 Å². The maximum atomic E-state index is 12.6. The lowest BCUT2D eigenvalue weighted by molar-refractivity contribution is -0.137. The zero-order valence-electron chi connectivity index (χ0n) is 15.8. The van der Waals surface area contributed by atoms with Crippen molar-refractivity contribution < 1.29 is 31.1 Å². The molecule has 0 saturated carbocycles. The van der Waals surface area contributed by atoms with Gasteiger partial charge in [0.1, 0.15) is 12.4 Å². The van der Waals surface area contributed by atoms with Crippen LogP contribution in [0.1, 0.15) is 15.9 Å². The number of thioether (sulfide) groups is 1. The van der Waals surface area contributed by atoms with E-state index in [0.29, 0.717) is 17.3 Å². The van der Waals surface area contributed by atoms with Gasteiger partial charge in [0, 0.05) is 17.0 Å². The Labute approximate surface area is 180 Å². The zero-order valence-corrected chi connectivity index (χ0v) is 17.5. The number of carbonyl (C=O) groups is 1. The first-order chi connectivity index (χ1) is 14.6. The van der Waals surface area contributed by atoms with Crippen molar-refractivity contribution in [2.75, 3.05) is 30.3 Å². The first kappa shape index (κ1) is 21.5. The van der Waals surface area contributed by atoms with Crippen molar-refractivity contribution in [3.05, 3.63) is 53.6 Å². The van der Waals surface area contributed by atoms with Crippen LogP contribution in [0.5, 0.6) is 5.75 Å². The number of amides is 1. The van der Waals surface area contributed by atoms with Crippen LogP contribution < -0.4 is 15.0 Å². The standard InChI is InChI=1S/C19H16F3N3O4S2/c20-19(21,22)13-2-4-14(5-3-13)29-9-7-23-17(26)12-1-6-15-16(11-12)30-18-24-31(27,28)10-8-25(15)18/h1-6,11H,7-10H2,(H,23,26). The molecule has 2 aromatic carbocycles. The van der Waals surface area contributed by atoms with Gasteiger partial charge in [-0.25, -0.2) is 8.42 Å². The van der Waals surface area contributed by atoms with Crippen LogP contribution in [0.2, 0.25) is 0 Å². The van der Waals surface area contributed by atoms with Crippen molar-refractivity contribution in [3.63, 3.8) is 0 Å². The summed E-state index contributed by atoms with van der Waals surface area (Å²) in [6, 6.07) is 9.35. The van der Waals surface area contributed by atoms with Crippen molar-refractivity contribution >= 4 is 38.5 Å². The third kappa shape index (κ3) is 4.79. The Bertz CT molecular complexity index is 1150. The summed E-state index contributed by atoms with van der Waals surface area (Å²) in [7, 11) is -3.45. The SMILES string of the molecule is O=C(NCCOc1ccc(C(F)(F)F)cc1)c1ccc2c(c1)SC1=NS(=O)(=O)CCN12. The van der Waals surface area contributed by atoms with Gasteiger partial charge in [0.2, 0.25) is 0 Å². The van der Waals surface area contributed by atoms with E-state index in [9.17, 15) is 26.4 Å². The molecule has 164 valence electrons. The summed E-state index contributed by atoms with van der Waals surface area (Å²) in [5.41, 5.74) is 0.437. The van der Waals surface area contributed by atoms with Gasteiger partial charge in [0.25, 0.3) is 15.9 Å². The molecule has 0 fully saturated rings. The van der Waals surface area contributed by atoms with Crippen molar-refractivity contribution in [2.24, 2.45) is 4.40 Å². The minimum atomic E-state index is -4.41. The molecule has 2 heterocycles. The van der Waals surface area contributed by atoms with Gasteiger partial charge in [-0.1, -0.05) is 0 Å². The number of hydrogen-bond donors (Lipinski definition) is 1. The highest BCUT2D eigenvalue weighted by Gasteiger charge is 2.33. The molecule has 0 radical (unpaired) electrons. The lowest BCUT2D eigenvalue weighted by Crippen LogP contribution is -2.35. The van der Waals surface area contributed by atoms with E-state index in [1.165, 1.54) is 23.9 Å². The van der Waals surface area contributed by atoms with Gasteiger partial charge in [-0.15, -0.1) is 4.40 Å². The second kappa shape index (κ2) is 8.08. The monoisotopic (exact) mass is 471 g/mol. The molecule has 31 heavy (non-hydrogen) atoms. The van der Waals surface area contributed by atoms with Gasteiger partial charge in [-0.2, -0.15) is 13.2 Å². The summed E-state index contributed by atoms with van der Waals surface area (Å²) in [6.07, 6.45) is -4.41. The van der Waals surface area contributed by atoms with Crippen molar-refractivity contribution in [1.29, 1.82) is 0 Å². The summed E-state index contributed by atoms with van der Waals surface area (Å²) in [5.74, 6) is -0.139. The Morgan fingerprint density at radius 2 is 1.94 bits per heavy atom. The van der Waals surface area contributed by atoms with E-state index in [-0.39, 0.29) is 30.6 Å². The Morgan fingerprint density at radius 3 is 2.65 bits per heavy atom. The quantitative estimate of drug-likeness (QED) is 0.675. The number of halogens is 3. The molecule has 1 amide bonds. The molecular formula is C19H16F3N3O4S2. The fraction of sp³-hybridized carbons (Fsp3) is 0.263. The highest BCUT2D eigenvalue weighted by molar-refractivity contribution is 8.15. The highest BCUT2D eigenvalue weighted by atomic mass is 32.2. The number of sulfonamides is 1. The topological polar surface area (TPSA) is 88.1 Å². The Morgan fingerprint density at radius 1 is 1.19 bits per heavy atom. The number of ether oxygens (including phenoxy) is 1. The van der Waals surface area contributed by atoms with Gasteiger partial charge >= 0.3 is 6.18 Å². The number of fused-ring (bicyclic) bond motifs is 3. The zero-order chi connectivity index (χ0) is 22.2. The second-order valence-electron chi connectivity index (χ2n) is 6.72. The first-order valence-electron chi connectivity index (χ1n) is 9.13. The summed E-state index contributed by atoms with van der Waals surface area (Å²) in [6.45, 7) is 0.550. The lowest BCUT2D eigenvalue weighted by atomic mass is 10.2. The number of alkyl halides is 3. The van der Waals surface area contributed by atoms with Crippen LogP contribution in [0.3, 0.4) is 0 Å². The molecule has 1 N–H and O–H groups in total. The van der Waals surface area contributed by atoms with E-state index < -0.39 is 21.8 Å². The Kier molecular flexibility index (Phi) is 5.60. The number of carbonyl (C=O) groups excluding carboxylic acids is 1. The summed E-state index contributed by atoms with van der Waals surface area (Å²) >= 11 is 1.19. The predicted molar refractivity (Wildman–Crippen MR) is 110 cm³/mol. The van der Waals surface area contributed by atoms with Crippen LogP contribution >= 0.6 is 11.8 Å². The Hall–Kier alpha value is -2.73. The van der Waals surface area contributed by atoms with Crippen molar-refractivity contribution in [3.8, 4) is 5.75 Å². The average molecular weight is 471 g/mol. The molecular weight excluding hydrogens is 455 g/mol. The number of nitrogens with one attached hydrogen (secondary N) is 1. The maximum Gasteiger partial charge on any atom is 0.416 e. The van der Waals surface area contributed by atoms with E-state index in [4.69, 9.17) is 4.74 Å². The van der Waals surface area contributed by atoms with Gasteiger partial charge in [0.15, 0.2) is 5.17 Å². The largest absolute Gasteiger partial charge is 0.492 e. The van der Waals surface area contributed by atoms with E-state index in [1.54, 1.807) is 23.1 Å². The van der Waals surface area contributed by atoms with Crippen molar-refractivity contribution in [1.82, 2.24) is 5.32 Å². The van der Waals surface area contributed by atoms with E-state index >= 15 is 0 Å². The molecule has 2 aliphatic heterocycles. The molecule has 12 heteroatoms. The van der Waals surface area contributed by atoms with Crippen LogP contribution in [-0.2, 0) is 16.2 Å². The molecule has 0 aromatic heterocycles. The minimum absolute atomic E-state index is 0.0579. The normalized spacial score (nSPS) is 16.9. The molecule has 0 unspecified atom stereocenters. The number of anilines is 1. The van der Waals surface area contributed by atoms with Gasteiger partial charge in [0.05, 0.1) is 23.5 Å².